The van der Waals surface area contributed by atoms with Crippen molar-refractivity contribution in [2.24, 2.45) is 0 Å². The molecule has 1 aliphatic rings. The number of anilines is 2. The van der Waals surface area contributed by atoms with Gasteiger partial charge in [0.25, 0.3) is 5.91 Å². The van der Waals surface area contributed by atoms with E-state index in [1.165, 1.54) is 6.33 Å². The molecule has 1 saturated heterocycles. The number of pyridine rings is 1. The van der Waals surface area contributed by atoms with Crippen LogP contribution >= 0.6 is 0 Å². The standard InChI is InChI=1S/C28H30N6O4/c1-18-7-9-21(16-30-18)38-23-10-8-20(15-25(23)36-3)33-27-26-22(31-17-32-27)5-4-6-24(26)37-19(2)28(35)34-13-11-29-12-14-34/h4-10,15-17,19,29H,11-14H2,1-3H3,(H,31,32,33). The van der Waals surface area contributed by atoms with Crippen molar-refractivity contribution >= 4 is 28.3 Å². The van der Waals surface area contributed by atoms with Gasteiger partial charge in [0.2, 0.25) is 0 Å². The highest BCUT2D eigenvalue weighted by molar-refractivity contribution is 5.96. The molecule has 0 spiro atoms. The number of piperazine rings is 1. The van der Waals surface area contributed by atoms with Crippen LogP contribution < -0.4 is 24.8 Å². The fraction of sp³-hybridized carbons (Fsp3) is 0.286. The first-order valence-electron chi connectivity index (χ1n) is 12.5. The largest absolute Gasteiger partial charge is 0.493 e. The van der Waals surface area contributed by atoms with Gasteiger partial charge in [-0.15, -0.1) is 0 Å². The van der Waals surface area contributed by atoms with Gasteiger partial charge in [0, 0.05) is 43.6 Å². The number of benzene rings is 2. The Morgan fingerprint density at radius 2 is 1.87 bits per heavy atom. The Morgan fingerprint density at radius 1 is 1.03 bits per heavy atom. The summed E-state index contributed by atoms with van der Waals surface area (Å²) in [6.07, 6.45) is 2.51. The average Bonchev–Trinajstić information content (AvgIpc) is 2.95. The van der Waals surface area contributed by atoms with Gasteiger partial charge in [0.15, 0.2) is 17.6 Å². The molecule has 10 nitrogen and oxygen atoms in total. The van der Waals surface area contributed by atoms with E-state index in [1.807, 2.05) is 60.4 Å². The molecule has 2 aromatic carbocycles. The topological polar surface area (TPSA) is 111 Å². The molecule has 2 N–H and O–H groups in total. The number of aryl methyl sites for hydroxylation is 1. The van der Waals surface area contributed by atoms with Crippen LogP contribution in [0.1, 0.15) is 12.6 Å². The number of ether oxygens (including phenoxy) is 3. The zero-order valence-electron chi connectivity index (χ0n) is 21.6. The SMILES string of the molecule is COc1cc(Nc2ncnc3cccc(OC(C)C(=O)N4CCNCC4)c23)ccc1Oc1ccc(C)nc1. The fourth-order valence-electron chi connectivity index (χ4n) is 4.26. The maximum atomic E-state index is 13.0. The van der Waals surface area contributed by atoms with E-state index in [0.29, 0.717) is 52.8 Å². The third kappa shape index (κ3) is 5.60. The summed E-state index contributed by atoms with van der Waals surface area (Å²) in [4.78, 5) is 27.9. The Labute approximate surface area is 221 Å². The number of nitrogens with one attached hydrogen (secondary N) is 2. The van der Waals surface area contributed by atoms with Crippen LogP contribution in [0, 0.1) is 6.92 Å². The Hall–Kier alpha value is -4.44. The second-order valence-corrected chi connectivity index (χ2v) is 8.94. The summed E-state index contributed by atoms with van der Waals surface area (Å²) in [5, 5.41) is 7.28. The van der Waals surface area contributed by atoms with Crippen LogP contribution in [0.15, 0.2) is 61.1 Å². The third-order valence-corrected chi connectivity index (χ3v) is 6.24. The molecule has 38 heavy (non-hydrogen) atoms. The summed E-state index contributed by atoms with van der Waals surface area (Å²) in [6.45, 7) is 6.59. The summed E-state index contributed by atoms with van der Waals surface area (Å²) < 4.78 is 17.7. The van der Waals surface area contributed by atoms with Gasteiger partial charge in [-0.05, 0) is 50.2 Å². The minimum Gasteiger partial charge on any atom is -0.493 e. The minimum atomic E-state index is -0.653. The summed E-state index contributed by atoms with van der Waals surface area (Å²) >= 11 is 0. The normalized spacial score (nSPS) is 14.1. The monoisotopic (exact) mass is 514 g/mol. The van der Waals surface area contributed by atoms with Gasteiger partial charge in [0.1, 0.15) is 23.6 Å². The number of fused-ring (bicyclic) bond motifs is 1. The Kier molecular flexibility index (Phi) is 7.50. The lowest BCUT2D eigenvalue weighted by Crippen LogP contribution is -2.50. The van der Waals surface area contributed by atoms with Crippen LogP contribution in [-0.2, 0) is 4.79 Å². The number of methoxy groups -OCH3 is 1. The van der Waals surface area contributed by atoms with Crippen LogP contribution in [0.4, 0.5) is 11.5 Å². The van der Waals surface area contributed by atoms with E-state index in [9.17, 15) is 4.79 Å². The molecular formula is C28H30N6O4. The molecule has 0 bridgehead atoms. The lowest BCUT2D eigenvalue weighted by Gasteiger charge is -2.30. The highest BCUT2D eigenvalue weighted by Gasteiger charge is 2.24. The second kappa shape index (κ2) is 11.3. The third-order valence-electron chi connectivity index (χ3n) is 6.24. The number of carbonyl (C=O) groups excluding carboxylic acids is 1. The van der Waals surface area contributed by atoms with Crippen LogP contribution in [-0.4, -0.2) is 65.2 Å². The Balaban J connectivity index is 1.39. The molecule has 1 unspecified atom stereocenters. The number of carbonyl (C=O) groups is 1. The van der Waals surface area contributed by atoms with Gasteiger partial charge < -0.3 is 29.7 Å². The molecule has 0 saturated carbocycles. The molecule has 0 radical (unpaired) electrons. The smallest absolute Gasteiger partial charge is 0.263 e. The molecule has 0 aliphatic carbocycles. The quantitative estimate of drug-likeness (QED) is 0.359. The number of nitrogens with zero attached hydrogens (tertiary/aromatic N) is 4. The predicted molar refractivity (Wildman–Crippen MR) is 144 cm³/mol. The first-order chi connectivity index (χ1) is 18.5. The first kappa shape index (κ1) is 25.2. The van der Waals surface area contributed by atoms with Crippen molar-refractivity contribution in [2.45, 2.75) is 20.0 Å². The van der Waals surface area contributed by atoms with E-state index in [0.717, 1.165) is 24.5 Å². The molecule has 1 aliphatic heterocycles. The maximum absolute atomic E-state index is 13.0. The minimum absolute atomic E-state index is 0.0426. The molecule has 10 heteroatoms. The van der Waals surface area contributed by atoms with Gasteiger partial charge in [-0.2, -0.15) is 0 Å². The molecule has 1 amide bonds. The van der Waals surface area contributed by atoms with Gasteiger partial charge in [-0.25, -0.2) is 9.97 Å². The zero-order chi connectivity index (χ0) is 26.5. The summed E-state index contributed by atoms with van der Waals surface area (Å²) in [7, 11) is 1.59. The highest BCUT2D eigenvalue weighted by Crippen LogP contribution is 2.36. The Morgan fingerprint density at radius 3 is 2.63 bits per heavy atom. The summed E-state index contributed by atoms with van der Waals surface area (Å²) in [5.41, 5.74) is 2.34. The molecular weight excluding hydrogens is 484 g/mol. The van der Waals surface area contributed by atoms with Crippen LogP contribution in [0.5, 0.6) is 23.0 Å². The highest BCUT2D eigenvalue weighted by atomic mass is 16.5. The van der Waals surface area contributed by atoms with Crippen molar-refractivity contribution in [3.63, 3.8) is 0 Å². The lowest BCUT2D eigenvalue weighted by atomic mass is 10.2. The summed E-state index contributed by atoms with van der Waals surface area (Å²) in [6, 6.07) is 14.8. The van der Waals surface area contributed by atoms with E-state index >= 15 is 0 Å². The number of hydrogen-bond acceptors (Lipinski definition) is 9. The van der Waals surface area contributed by atoms with Gasteiger partial charge in [0.05, 0.1) is 24.2 Å². The van der Waals surface area contributed by atoms with Crippen LogP contribution in [0.3, 0.4) is 0 Å². The second-order valence-electron chi connectivity index (χ2n) is 8.94. The molecule has 1 fully saturated rings. The van der Waals surface area contributed by atoms with Crippen LogP contribution in [0.25, 0.3) is 10.9 Å². The van der Waals surface area contributed by atoms with Crippen molar-refractivity contribution < 1.29 is 19.0 Å². The van der Waals surface area contributed by atoms with E-state index in [2.05, 4.69) is 25.6 Å². The number of rotatable bonds is 8. The predicted octanol–water partition coefficient (Wildman–Crippen LogP) is 4.08. The molecule has 3 heterocycles. The van der Waals surface area contributed by atoms with E-state index in [4.69, 9.17) is 14.2 Å². The summed E-state index contributed by atoms with van der Waals surface area (Å²) in [5.74, 6) is 2.74. The Bertz CT molecular complexity index is 1420. The van der Waals surface area contributed by atoms with Crippen molar-refractivity contribution in [3.8, 4) is 23.0 Å². The van der Waals surface area contributed by atoms with E-state index in [-0.39, 0.29) is 5.91 Å². The number of aromatic nitrogens is 3. The van der Waals surface area contributed by atoms with Crippen LogP contribution in [0.2, 0.25) is 0 Å². The van der Waals surface area contributed by atoms with Gasteiger partial charge in [-0.3, -0.25) is 9.78 Å². The molecule has 1 atom stereocenters. The number of amides is 1. The first-order valence-corrected chi connectivity index (χ1v) is 12.5. The fourth-order valence-corrected chi connectivity index (χ4v) is 4.26. The molecule has 2 aromatic heterocycles. The van der Waals surface area contributed by atoms with Crippen molar-refractivity contribution in [3.05, 3.63) is 66.7 Å². The van der Waals surface area contributed by atoms with Gasteiger partial charge >= 0.3 is 0 Å². The van der Waals surface area contributed by atoms with Crippen molar-refractivity contribution in [2.75, 3.05) is 38.6 Å². The zero-order valence-corrected chi connectivity index (χ0v) is 21.6. The van der Waals surface area contributed by atoms with E-state index in [1.54, 1.807) is 20.2 Å². The average molecular weight is 515 g/mol. The van der Waals surface area contributed by atoms with Gasteiger partial charge in [-0.1, -0.05) is 6.07 Å². The molecule has 5 rings (SSSR count). The van der Waals surface area contributed by atoms with Crippen molar-refractivity contribution in [1.82, 2.24) is 25.2 Å². The lowest BCUT2D eigenvalue weighted by molar-refractivity contribution is -0.138. The molecule has 4 aromatic rings. The maximum Gasteiger partial charge on any atom is 0.263 e. The van der Waals surface area contributed by atoms with E-state index < -0.39 is 6.10 Å². The molecule has 196 valence electrons. The number of hydrogen-bond donors (Lipinski definition) is 2. The van der Waals surface area contributed by atoms with Crippen molar-refractivity contribution in [1.29, 1.82) is 0 Å².